The van der Waals surface area contributed by atoms with Crippen molar-refractivity contribution in [3.63, 3.8) is 0 Å². The predicted octanol–water partition coefficient (Wildman–Crippen LogP) is 2.41. The SMILES string of the molecule is O=C(O)c1cc(OCCCC(F)(F)F)ncc1[N+](=O)[O-]. The molecular formula is C10H9F3N2O5. The number of rotatable bonds is 6. The van der Waals surface area contributed by atoms with Crippen LogP contribution in [-0.4, -0.2) is 33.8 Å². The molecule has 1 aromatic rings. The van der Waals surface area contributed by atoms with Gasteiger partial charge in [0.2, 0.25) is 5.88 Å². The molecule has 0 fully saturated rings. The number of nitro groups is 1. The first-order valence-corrected chi connectivity index (χ1v) is 5.28. The molecule has 0 aliphatic heterocycles. The summed E-state index contributed by atoms with van der Waals surface area (Å²) in [6.07, 6.45) is -5.00. The Morgan fingerprint density at radius 1 is 1.50 bits per heavy atom. The fourth-order valence-electron chi connectivity index (χ4n) is 1.27. The average molecular weight is 294 g/mol. The van der Waals surface area contributed by atoms with E-state index in [1.807, 2.05) is 0 Å². The second-order valence-electron chi connectivity index (χ2n) is 3.67. The Hall–Kier alpha value is -2.39. The van der Waals surface area contributed by atoms with Crippen LogP contribution in [0.25, 0.3) is 0 Å². The molecule has 110 valence electrons. The molecule has 1 N–H and O–H groups in total. The van der Waals surface area contributed by atoms with Gasteiger partial charge < -0.3 is 9.84 Å². The standard InChI is InChI=1S/C10H9F3N2O5/c11-10(12,13)2-1-3-20-8-4-6(9(16)17)7(5-14-8)15(18)19/h4-5H,1-3H2,(H,16,17). The summed E-state index contributed by atoms with van der Waals surface area (Å²) in [7, 11) is 0. The van der Waals surface area contributed by atoms with Crippen LogP contribution >= 0.6 is 0 Å². The second kappa shape index (κ2) is 6.17. The van der Waals surface area contributed by atoms with Crippen molar-refractivity contribution in [2.24, 2.45) is 0 Å². The van der Waals surface area contributed by atoms with Crippen molar-refractivity contribution in [3.8, 4) is 5.88 Å². The van der Waals surface area contributed by atoms with Gasteiger partial charge in [-0.15, -0.1) is 0 Å². The van der Waals surface area contributed by atoms with Crippen LogP contribution in [0.1, 0.15) is 23.2 Å². The smallest absolute Gasteiger partial charge is 0.389 e. The van der Waals surface area contributed by atoms with E-state index in [0.29, 0.717) is 6.20 Å². The van der Waals surface area contributed by atoms with Crippen LogP contribution in [0, 0.1) is 10.1 Å². The van der Waals surface area contributed by atoms with Gasteiger partial charge in [-0.3, -0.25) is 10.1 Å². The molecule has 0 atom stereocenters. The van der Waals surface area contributed by atoms with Gasteiger partial charge >= 0.3 is 17.8 Å². The molecule has 7 nitrogen and oxygen atoms in total. The molecule has 0 aliphatic carbocycles. The molecule has 0 saturated carbocycles. The molecule has 0 spiro atoms. The number of aromatic carboxylic acids is 1. The minimum atomic E-state index is -4.31. The predicted molar refractivity (Wildman–Crippen MR) is 58.6 cm³/mol. The number of halogens is 3. The van der Waals surface area contributed by atoms with Gasteiger partial charge in [-0.05, 0) is 6.42 Å². The second-order valence-corrected chi connectivity index (χ2v) is 3.67. The van der Waals surface area contributed by atoms with Gasteiger partial charge in [-0.25, -0.2) is 9.78 Å². The van der Waals surface area contributed by atoms with E-state index in [2.05, 4.69) is 4.98 Å². The molecule has 0 aromatic carbocycles. The van der Waals surface area contributed by atoms with Gasteiger partial charge in [0.15, 0.2) is 0 Å². The summed E-state index contributed by atoms with van der Waals surface area (Å²) in [4.78, 5) is 23.9. The monoisotopic (exact) mass is 294 g/mol. The number of carboxylic acids is 1. The lowest BCUT2D eigenvalue weighted by atomic mass is 10.2. The van der Waals surface area contributed by atoms with E-state index in [0.717, 1.165) is 6.07 Å². The van der Waals surface area contributed by atoms with Gasteiger partial charge in [0.25, 0.3) is 0 Å². The van der Waals surface area contributed by atoms with Crippen molar-refractivity contribution >= 4 is 11.7 Å². The third kappa shape index (κ3) is 4.71. The number of hydrogen-bond donors (Lipinski definition) is 1. The van der Waals surface area contributed by atoms with E-state index in [-0.39, 0.29) is 18.9 Å². The Morgan fingerprint density at radius 2 is 2.15 bits per heavy atom. The lowest BCUT2D eigenvalue weighted by Crippen LogP contribution is -2.10. The van der Waals surface area contributed by atoms with Crippen molar-refractivity contribution in [3.05, 3.63) is 27.9 Å². The average Bonchev–Trinajstić information content (AvgIpc) is 2.33. The highest BCUT2D eigenvalue weighted by Gasteiger charge is 2.26. The summed E-state index contributed by atoms with van der Waals surface area (Å²) in [5, 5.41) is 19.3. The fourth-order valence-corrected chi connectivity index (χ4v) is 1.27. The summed E-state index contributed by atoms with van der Waals surface area (Å²) in [6, 6.07) is 0.800. The Morgan fingerprint density at radius 3 is 2.65 bits per heavy atom. The fraction of sp³-hybridized carbons (Fsp3) is 0.400. The minimum absolute atomic E-state index is 0.282. The number of ether oxygens (including phenoxy) is 1. The minimum Gasteiger partial charge on any atom is -0.478 e. The van der Waals surface area contributed by atoms with Crippen molar-refractivity contribution in [1.82, 2.24) is 4.98 Å². The van der Waals surface area contributed by atoms with Crippen LogP contribution in [-0.2, 0) is 0 Å². The van der Waals surface area contributed by atoms with Crippen LogP contribution in [0.5, 0.6) is 5.88 Å². The molecule has 20 heavy (non-hydrogen) atoms. The number of aromatic nitrogens is 1. The highest BCUT2D eigenvalue weighted by Crippen LogP contribution is 2.23. The first-order chi connectivity index (χ1) is 9.20. The topological polar surface area (TPSA) is 103 Å². The Labute approximate surface area is 110 Å². The number of nitrogens with zero attached hydrogens (tertiary/aromatic N) is 2. The van der Waals surface area contributed by atoms with E-state index < -0.39 is 34.7 Å². The van der Waals surface area contributed by atoms with E-state index in [4.69, 9.17) is 9.84 Å². The van der Waals surface area contributed by atoms with E-state index in [1.54, 1.807) is 0 Å². The van der Waals surface area contributed by atoms with Gasteiger partial charge in [-0.1, -0.05) is 0 Å². The number of pyridine rings is 1. The number of carboxylic acid groups (broad SMARTS) is 1. The number of hydrogen-bond acceptors (Lipinski definition) is 5. The van der Waals surface area contributed by atoms with Gasteiger partial charge in [0.1, 0.15) is 11.8 Å². The molecule has 0 radical (unpaired) electrons. The maximum Gasteiger partial charge on any atom is 0.389 e. The maximum atomic E-state index is 11.9. The number of alkyl halides is 3. The Balaban J connectivity index is 2.71. The van der Waals surface area contributed by atoms with Gasteiger partial charge in [-0.2, -0.15) is 13.2 Å². The zero-order chi connectivity index (χ0) is 15.3. The molecule has 1 rings (SSSR count). The maximum absolute atomic E-state index is 11.9. The summed E-state index contributed by atoms with van der Waals surface area (Å²) in [6.45, 7) is -0.330. The first kappa shape index (κ1) is 15.7. The molecule has 0 amide bonds. The summed E-state index contributed by atoms with van der Waals surface area (Å²) in [5.74, 6) is -1.84. The van der Waals surface area contributed by atoms with Crippen LogP contribution in [0.4, 0.5) is 18.9 Å². The summed E-state index contributed by atoms with van der Waals surface area (Å²) < 4.78 is 40.4. The highest BCUT2D eigenvalue weighted by atomic mass is 19.4. The van der Waals surface area contributed by atoms with Crippen LogP contribution in [0.3, 0.4) is 0 Å². The quantitative estimate of drug-likeness (QED) is 0.491. The van der Waals surface area contributed by atoms with Crippen molar-refractivity contribution in [2.45, 2.75) is 19.0 Å². The zero-order valence-electron chi connectivity index (χ0n) is 9.88. The van der Waals surface area contributed by atoms with Crippen LogP contribution < -0.4 is 4.74 Å². The normalized spacial score (nSPS) is 11.2. The van der Waals surface area contributed by atoms with E-state index in [9.17, 15) is 28.1 Å². The molecule has 0 aliphatic rings. The molecule has 0 saturated heterocycles. The molecule has 1 heterocycles. The zero-order valence-corrected chi connectivity index (χ0v) is 9.88. The van der Waals surface area contributed by atoms with Gasteiger partial charge in [0.05, 0.1) is 11.5 Å². The largest absolute Gasteiger partial charge is 0.478 e. The molecule has 10 heteroatoms. The van der Waals surface area contributed by atoms with E-state index >= 15 is 0 Å². The lowest BCUT2D eigenvalue weighted by molar-refractivity contribution is -0.385. The summed E-state index contributed by atoms with van der Waals surface area (Å²) >= 11 is 0. The Kier molecular flexibility index (Phi) is 4.83. The summed E-state index contributed by atoms with van der Waals surface area (Å²) in [5.41, 5.74) is -1.36. The molecular weight excluding hydrogens is 285 g/mol. The van der Waals surface area contributed by atoms with E-state index in [1.165, 1.54) is 0 Å². The Bertz CT molecular complexity index is 518. The van der Waals surface area contributed by atoms with Crippen molar-refractivity contribution in [2.75, 3.05) is 6.61 Å². The molecule has 1 aromatic heterocycles. The van der Waals surface area contributed by atoms with Gasteiger partial charge in [0, 0.05) is 12.5 Å². The van der Waals surface area contributed by atoms with Crippen LogP contribution in [0.15, 0.2) is 12.3 Å². The third-order valence-corrected chi connectivity index (χ3v) is 2.14. The highest BCUT2D eigenvalue weighted by molar-refractivity contribution is 5.92. The van der Waals surface area contributed by atoms with Crippen molar-refractivity contribution < 1.29 is 32.7 Å². The van der Waals surface area contributed by atoms with Crippen molar-refractivity contribution in [1.29, 1.82) is 0 Å². The lowest BCUT2D eigenvalue weighted by Gasteiger charge is -2.08. The third-order valence-electron chi connectivity index (χ3n) is 2.14. The first-order valence-electron chi connectivity index (χ1n) is 5.28. The molecule has 0 unspecified atom stereocenters. The number of carbonyl (C=O) groups is 1. The molecule has 0 bridgehead atoms. The van der Waals surface area contributed by atoms with Crippen LogP contribution in [0.2, 0.25) is 0 Å².